The second kappa shape index (κ2) is 7.00. The van der Waals surface area contributed by atoms with E-state index in [0.717, 1.165) is 11.1 Å². The van der Waals surface area contributed by atoms with Crippen LogP contribution in [0.5, 0.6) is 5.75 Å². The van der Waals surface area contributed by atoms with Crippen molar-refractivity contribution in [3.05, 3.63) is 63.6 Å². The Labute approximate surface area is 131 Å². The number of hydrogen-bond acceptors (Lipinski definition) is 2. The molecule has 0 heterocycles. The maximum absolute atomic E-state index is 13.7. The summed E-state index contributed by atoms with van der Waals surface area (Å²) >= 11 is 3.18. The minimum atomic E-state index is -0.398. The standard InChI is InChI=1S/C16H16BrF2NO/c1-3-20-16(10-5-4-6-11(18)7-10)12-8-13(17)14(19)9-15(12)21-2/h4-9,16,20H,3H2,1-2H3. The second-order valence-electron chi connectivity index (χ2n) is 4.55. The highest BCUT2D eigenvalue weighted by Gasteiger charge is 2.20. The van der Waals surface area contributed by atoms with Gasteiger partial charge in [0.2, 0.25) is 0 Å². The molecular formula is C16H16BrF2NO. The Morgan fingerprint density at radius 3 is 2.62 bits per heavy atom. The van der Waals surface area contributed by atoms with Crippen molar-refractivity contribution in [1.29, 1.82) is 0 Å². The summed E-state index contributed by atoms with van der Waals surface area (Å²) < 4.78 is 32.7. The van der Waals surface area contributed by atoms with Crippen molar-refractivity contribution >= 4 is 15.9 Å². The molecule has 2 aromatic carbocycles. The number of ether oxygens (including phenoxy) is 1. The van der Waals surface area contributed by atoms with Crippen LogP contribution in [-0.4, -0.2) is 13.7 Å². The van der Waals surface area contributed by atoms with Crippen LogP contribution in [0.15, 0.2) is 40.9 Å². The van der Waals surface area contributed by atoms with Gasteiger partial charge in [0.25, 0.3) is 0 Å². The fourth-order valence-corrected chi connectivity index (χ4v) is 2.61. The third-order valence-electron chi connectivity index (χ3n) is 3.17. The molecule has 0 aromatic heterocycles. The highest BCUT2D eigenvalue weighted by atomic mass is 79.9. The van der Waals surface area contributed by atoms with E-state index in [2.05, 4.69) is 21.2 Å². The molecular weight excluding hydrogens is 340 g/mol. The van der Waals surface area contributed by atoms with Gasteiger partial charge in [0.05, 0.1) is 17.6 Å². The van der Waals surface area contributed by atoms with Crippen LogP contribution in [0.2, 0.25) is 0 Å². The van der Waals surface area contributed by atoms with Crippen LogP contribution in [-0.2, 0) is 0 Å². The summed E-state index contributed by atoms with van der Waals surface area (Å²) in [6.45, 7) is 2.64. The van der Waals surface area contributed by atoms with Gasteiger partial charge in [-0.3, -0.25) is 0 Å². The zero-order valence-corrected chi connectivity index (χ0v) is 13.4. The van der Waals surface area contributed by atoms with Gasteiger partial charge < -0.3 is 10.1 Å². The number of rotatable bonds is 5. The van der Waals surface area contributed by atoms with Crippen molar-refractivity contribution in [3.8, 4) is 5.75 Å². The van der Waals surface area contributed by atoms with Crippen LogP contribution in [0.4, 0.5) is 8.78 Å². The molecule has 0 fully saturated rings. The van der Waals surface area contributed by atoms with Crippen LogP contribution >= 0.6 is 15.9 Å². The average Bonchev–Trinajstić information content (AvgIpc) is 2.47. The van der Waals surface area contributed by atoms with Crippen LogP contribution in [0.1, 0.15) is 24.1 Å². The first-order valence-electron chi connectivity index (χ1n) is 6.58. The Balaban J connectivity index is 2.55. The van der Waals surface area contributed by atoms with Crippen molar-refractivity contribution in [2.75, 3.05) is 13.7 Å². The quantitative estimate of drug-likeness (QED) is 0.856. The number of hydrogen-bond donors (Lipinski definition) is 1. The topological polar surface area (TPSA) is 21.3 Å². The van der Waals surface area contributed by atoms with Gasteiger partial charge in [0.1, 0.15) is 17.4 Å². The fraction of sp³-hybridized carbons (Fsp3) is 0.250. The molecule has 0 aliphatic rings. The van der Waals surface area contributed by atoms with E-state index >= 15 is 0 Å². The summed E-state index contributed by atoms with van der Waals surface area (Å²) in [4.78, 5) is 0. The van der Waals surface area contributed by atoms with Crippen molar-refractivity contribution < 1.29 is 13.5 Å². The predicted octanol–water partition coefficient (Wildman–Crippen LogP) is 4.43. The van der Waals surface area contributed by atoms with E-state index in [0.29, 0.717) is 16.8 Å². The van der Waals surface area contributed by atoms with Gasteiger partial charge in [-0.25, -0.2) is 8.78 Å². The monoisotopic (exact) mass is 355 g/mol. The maximum atomic E-state index is 13.7. The lowest BCUT2D eigenvalue weighted by Crippen LogP contribution is -2.22. The first-order chi connectivity index (χ1) is 10.1. The zero-order valence-electron chi connectivity index (χ0n) is 11.8. The first-order valence-corrected chi connectivity index (χ1v) is 7.38. The molecule has 0 aliphatic heterocycles. The normalized spacial score (nSPS) is 12.2. The molecule has 1 unspecified atom stereocenters. The van der Waals surface area contributed by atoms with E-state index in [4.69, 9.17) is 4.74 Å². The summed E-state index contributed by atoms with van der Waals surface area (Å²) in [6.07, 6.45) is 0. The number of nitrogens with one attached hydrogen (secondary N) is 1. The highest BCUT2D eigenvalue weighted by Crippen LogP contribution is 2.34. The molecule has 2 rings (SSSR count). The van der Waals surface area contributed by atoms with E-state index in [1.54, 1.807) is 12.1 Å². The molecule has 112 valence electrons. The zero-order chi connectivity index (χ0) is 15.4. The molecule has 0 saturated heterocycles. The maximum Gasteiger partial charge on any atom is 0.141 e. The van der Waals surface area contributed by atoms with Crippen LogP contribution in [0, 0.1) is 11.6 Å². The minimum absolute atomic E-state index is 0.280. The Hall–Kier alpha value is -1.46. The molecule has 5 heteroatoms. The minimum Gasteiger partial charge on any atom is -0.496 e. The van der Waals surface area contributed by atoms with Crippen molar-refractivity contribution in [2.45, 2.75) is 13.0 Å². The predicted molar refractivity (Wildman–Crippen MR) is 82.6 cm³/mol. The SMILES string of the molecule is CCNC(c1cccc(F)c1)c1cc(Br)c(F)cc1OC. The van der Waals surface area contributed by atoms with Crippen LogP contribution in [0.25, 0.3) is 0 Å². The van der Waals surface area contributed by atoms with E-state index in [9.17, 15) is 8.78 Å². The highest BCUT2D eigenvalue weighted by molar-refractivity contribution is 9.10. The lowest BCUT2D eigenvalue weighted by atomic mass is 9.97. The van der Waals surface area contributed by atoms with Gasteiger partial charge in [-0.05, 0) is 46.2 Å². The Morgan fingerprint density at radius 2 is 2.00 bits per heavy atom. The van der Waals surface area contributed by atoms with Crippen molar-refractivity contribution in [1.82, 2.24) is 5.32 Å². The van der Waals surface area contributed by atoms with E-state index in [1.807, 2.05) is 13.0 Å². The Morgan fingerprint density at radius 1 is 1.24 bits per heavy atom. The molecule has 2 aromatic rings. The molecule has 0 radical (unpaired) electrons. The molecule has 0 bridgehead atoms. The third-order valence-corrected chi connectivity index (χ3v) is 3.78. The van der Waals surface area contributed by atoms with Crippen molar-refractivity contribution in [2.24, 2.45) is 0 Å². The van der Waals surface area contributed by atoms with Gasteiger partial charge in [-0.15, -0.1) is 0 Å². The number of halogens is 3. The van der Waals surface area contributed by atoms with E-state index in [-0.39, 0.29) is 11.9 Å². The smallest absolute Gasteiger partial charge is 0.141 e. The molecule has 0 saturated carbocycles. The Kier molecular flexibility index (Phi) is 5.31. The van der Waals surface area contributed by atoms with Crippen LogP contribution in [0.3, 0.4) is 0 Å². The first kappa shape index (κ1) is 15.9. The largest absolute Gasteiger partial charge is 0.496 e. The van der Waals surface area contributed by atoms with Crippen molar-refractivity contribution in [3.63, 3.8) is 0 Å². The average molecular weight is 356 g/mol. The lowest BCUT2D eigenvalue weighted by Gasteiger charge is -2.22. The fourth-order valence-electron chi connectivity index (χ4n) is 2.24. The van der Waals surface area contributed by atoms with E-state index in [1.165, 1.54) is 25.3 Å². The van der Waals surface area contributed by atoms with Gasteiger partial charge >= 0.3 is 0 Å². The molecule has 0 spiro atoms. The Bertz CT molecular complexity index is 634. The number of benzene rings is 2. The van der Waals surface area contributed by atoms with Gasteiger partial charge in [-0.2, -0.15) is 0 Å². The molecule has 2 nitrogen and oxygen atoms in total. The molecule has 1 N–H and O–H groups in total. The van der Waals surface area contributed by atoms with Crippen LogP contribution < -0.4 is 10.1 Å². The molecule has 0 amide bonds. The molecule has 0 aliphatic carbocycles. The van der Waals surface area contributed by atoms with Gasteiger partial charge in [-0.1, -0.05) is 19.1 Å². The molecule has 1 atom stereocenters. The van der Waals surface area contributed by atoms with Gasteiger partial charge in [0.15, 0.2) is 0 Å². The number of methoxy groups -OCH3 is 1. The lowest BCUT2D eigenvalue weighted by molar-refractivity contribution is 0.400. The van der Waals surface area contributed by atoms with E-state index < -0.39 is 5.82 Å². The molecule has 21 heavy (non-hydrogen) atoms. The summed E-state index contributed by atoms with van der Waals surface area (Å²) in [5.41, 5.74) is 1.51. The summed E-state index contributed by atoms with van der Waals surface area (Å²) in [5, 5.41) is 3.27. The summed E-state index contributed by atoms with van der Waals surface area (Å²) in [5.74, 6) is -0.286. The summed E-state index contributed by atoms with van der Waals surface area (Å²) in [6, 6.07) is 9.04. The summed E-state index contributed by atoms with van der Waals surface area (Å²) in [7, 11) is 1.49. The third kappa shape index (κ3) is 3.60. The second-order valence-corrected chi connectivity index (χ2v) is 5.41. The van der Waals surface area contributed by atoms with Gasteiger partial charge in [0, 0.05) is 11.6 Å².